The molecule has 0 saturated heterocycles. The normalized spacial score (nSPS) is 12.2. The lowest BCUT2D eigenvalue weighted by Crippen LogP contribution is -1.98. The molecule has 1 aromatic carbocycles. The first kappa shape index (κ1) is 21.6. The molecule has 0 radical (unpaired) electrons. The Morgan fingerprint density at radius 2 is 1.46 bits per heavy atom. The Morgan fingerprint density at radius 3 is 2.04 bits per heavy atom. The van der Waals surface area contributed by atoms with E-state index in [1.807, 2.05) is 13.0 Å². The second kappa shape index (κ2) is 10.5. The van der Waals surface area contributed by atoms with E-state index in [0.29, 0.717) is 12.0 Å². The minimum Gasteiger partial charge on any atom is -0.504 e. The van der Waals surface area contributed by atoms with Crippen LogP contribution in [0.1, 0.15) is 69.3 Å². The summed E-state index contributed by atoms with van der Waals surface area (Å²) in [7, 11) is 0. The fourth-order valence-corrected chi connectivity index (χ4v) is 2.58. The maximum atomic E-state index is 10.9. The zero-order chi connectivity index (χ0) is 19.7. The number of allylic oxidation sites excluding steroid dienone is 6. The van der Waals surface area contributed by atoms with E-state index < -0.39 is 11.7 Å². The quantitative estimate of drug-likeness (QED) is 0.387. The average molecular weight is 358 g/mol. The van der Waals surface area contributed by atoms with Crippen LogP contribution < -0.4 is 0 Å². The lowest BCUT2D eigenvalue weighted by molar-refractivity contribution is 0.0693. The fourth-order valence-electron chi connectivity index (χ4n) is 2.58. The number of carboxylic acid groups (broad SMARTS) is 1. The van der Waals surface area contributed by atoms with Gasteiger partial charge in [0.15, 0.2) is 11.5 Å². The number of carboxylic acids is 1. The third-order valence-corrected chi connectivity index (χ3v) is 4.26. The zero-order valence-electron chi connectivity index (χ0n) is 16.2. The monoisotopic (exact) mass is 358 g/mol. The van der Waals surface area contributed by atoms with Gasteiger partial charge < -0.3 is 15.3 Å². The summed E-state index contributed by atoms with van der Waals surface area (Å²) in [6.45, 7) is 8.41. The summed E-state index contributed by atoms with van der Waals surface area (Å²) < 4.78 is 0. The Kier molecular flexibility index (Phi) is 8.70. The molecule has 0 aliphatic rings. The first-order valence-electron chi connectivity index (χ1n) is 8.94. The summed E-state index contributed by atoms with van der Waals surface area (Å²) in [4.78, 5) is 10.9. The predicted octanol–water partition coefficient (Wildman–Crippen LogP) is 5.76. The first-order chi connectivity index (χ1) is 12.2. The molecule has 0 aliphatic carbocycles. The molecule has 0 spiro atoms. The second-order valence-corrected chi connectivity index (χ2v) is 6.94. The first-order valence-corrected chi connectivity index (χ1v) is 8.94. The van der Waals surface area contributed by atoms with E-state index in [1.54, 1.807) is 0 Å². The molecule has 0 unspecified atom stereocenters. The van der Waals surface area contributed by atoms with Crippen molar-refractivity contribution in [3.05, 3.63) is 58.2 Å². The Hall–Kier alpha value is -2.49. The zero-order valence-corrected chi connectivity index (χ0v) is 16.2. The van der Waals surface area contributed by atoms with Crippen LogP contribution in [0.25, 0.3) is 0 Å². The number of hydrogen-bond donors (Lipinski definition) is 3. The van der Waals surface area contributed by atoms with Gasteiger partial charge >= 0.3 is 5.97 Å². The standard InChI is InChI=1S/C22H30O4/c1-15(2)7-5-8-16(3)9-6-10-17(4)11-12-18-13-14-19(22(25)26)21(24)20(18)23/h7,9,11,13-14,23-24H,5-6,8,10,12H2,1-4H3,(H,25,26). The molecule has 4 heteroatoms. The van der Waals surface area contributed by atoms with Crippen LogP contribution in [0.3, 0.4) is 0 Å². The number of carbonyl (C=O) groups is 1. The van der Waals surface area contributed by atoms with Gasteiger partial charge in [0.05, 0.1) is 0 Å². The largest absolute Gasteiger partial charge is 0.504 e. The third kappa shape index (κ3) is 7.18. The minimum absolute atomic E-state index is 0.291. The van der Waals surface area contributed by atoms with Crippen LogP contribution in [0.5, 0.6) is 11.5 Å². The third-order valence-electron chi connectivity index (χ3n) is 4.26. The van der Waals surface area contributed by atoms with Crippen LogP contribution in [0, 0.1) is 0 Å². The fraction of sp³-hybridized carbons (Fsp3) is 0.409. The SMILES string of the molecule is CC(C)=CCCC(C)=CCCC(C)=CCc1ccc(C(=O)O)c(O)c1O. The van der Waals surface area contributed by atoms with Gasteiger partial charge in [0.2, 0.25) is 0 Å². The van der Waals surface area contributed by atoms with E-state index in [9.17, 15) is 15.0 Å². The van der Waals surface area contributed by atoms with E-state index >= 15 is 0 Å². The summed E-state index contributed by atoms with van der Waals surface area (Å²) in [5, 5.41) is 28.6. The van der Waals surface area contributed by atoms with Gasteiger partial charge in [0, 0.05) is 5.56 Å². The summed E-state index contributed by atoms with van der Waals surface area (Å²) >= 11 is 0. The van der Waals surface area contributed by atoms with Crippen molar-refractivity contribution in [1.29, 1.82) is 0 Å². The molecule has 0 saturated carbocycles. The summed E-state index contributed by atoms with van der Waals surface area (Å²) in [6.07, 6.45) is 11.0. The molecule has 0 amide bonds. The molecule has 1 rings (SSSR count). The number of aromatic hydroxyl groups is 2. The molecule has 0 aromatic heterocycles. The van der Waals surface area contributed by atoms with Crippen molar-refractivity contribution in [1.82, 2.24) is 0 Å². The molecule has 0 fully saturated rings. The van der Waals surface area contributed by atoms with E-state index in [4.69, 9.17) is 5.11 Å². The second-order valence-electron chi connectivity index (χ2n) is 6.94. The predicted molar refractivity (Wildman–Crippen MR) is 106 cm³/mol. The van der Waals surface area contributed by atoms with E-state index in [-0.39, 0.29) is 11.3 Å². The molecule has 1 aromatic rings. The van der Waals surface area contributed by atoms with Gasteiger partial charge in [-0.25, -0.2) is 4.79 Å². The van der Waals surface area contributed by atoms with Crippen molar-refractivity contribution in [2.24, 2.45) is 0 Å². The van der Waals surface area contributed by atoms with Crippen LogP contribution >= 0.6 is 0 Å². The van der Waals surface area contributed by atoms with Gasteiger partial charge in [0.1, 0.15) is 5.56 Å². The number of benzene rings is 1. The van der Waals surface area contributed by atoms with Gasteiger partial charge in [-0.3, -0.25) is 0 Å². The molecule has 0 atom stereocenters. The van der Waals surface area contributed by atoms with Crippen LogP contribution in [0.15, 0.2) is 47.1 Å². The van der Waals surface area contributed by atoms with Gasteiger partial charge in [-0.2, -0.15) is 0 Å². The summed E-state index contributed by atoms with van der Waals surface area (Å²) in [5.74, 6) is -2.19. The molecule has 142 valence electrons. The Labute approximate surface area is 156 Å². The summed E-state index contributed by atoms with van der Waals surface area (Å²) in [6, 6.07) is 2.85. The number of phenolic OH excluding ortho intramolecular Hbond substituents is 1. The number of phenols is 2. The molecular formula is C22H30O4. The average Bonchev–Trinajstić information content (AvgIpc) is 2.55. The molecule has 4 nitrogen and oxygen atoms in total. The van der Waals surface area contributed by atoms with Gasteiger partial charge in [0.25, 0.3) is 0 Å². The highest BCUT2D eigenvalue weighted by Gasteiger charge is 2.15. The number of hydrogen-bond acceptors (Lipinski definition) is 3. The number of aromatic carboxylic acids is 1. The van der Waals surface area contributed by atoms with E-state index in [1.165, 1.54) is 28.9 Å². The Balaban J connectivity index is 2.58. The van der Waals surface area contributed by atoms with Gasteiger partial charge in [-0.15, -0.1) is 0 Å². The van der Waals surface area contributed by atoms with Gasteiger partial charge in [-0.05, 0) is 65.9 Å². The van der Waals surface area contributed by atoms with Crippen LogP contribution in [0.4, 0.5) is 0 Å². The van der Waals surface area contributed by atoms with Crippen LogP contribution in [-0.2, 0) is 6.42 Å². The lowest BCUT2D eigenvalue weighted by atomic mass is 10.0. The van der Waals surface area contributed by atoms with Crippen molar-refractivity contribution in [2.45, 2.75) is 59.8 Å². The van der Waals surface area contributed by atoms with Crippen LogP contribution in [0.2, 0.25) is 0 Å². The van der Waals surface area contributed by atoms with Crippen LogP contribution in [-0.4, -0.2) is 21.3 Å². The highest BCUT2D eigenvalue weighted by molar-refractivity contribution is 5.92. The molecule has 26 heavy (non-hydrogen) atoms. The minimum atomic E-state index is -1.26. The van der Waals surface area contributed by atoms with E-state index in [0.717, 1.165) is 25.7 Å². The molecule has 0 bridgehead atoms. The van der Waals surface area contributed by atoms with Gasteiger partial charge in [-0.1, -0.05) is 41.0 Å². The smallest absolute Gasteiger partial charge is 0.339 e. The topological polar surface area (TPSA) is 77.8 Å². The molecule has 0 heterocycles. The van der Waals surface area contributed by atoms with Crippen molar-refractivity contribution in [3.8, 4) is 11.5 Å². The highest BCUT2D eigenvalue weighted by atomic mass is 16.4. The van der Waals surface area contributed by atoms with E-state index in [2.05, 4.69) is 32.9 Å². The van der Waals surface area contributed by atoms with Crippen molar-refractivity contribution >= 4 is 5.97 Å². The number of rotatable bonds is 9. The summed E-state index contributed by atoms with van der Waals surface area (Å²) in [5.41, 5.74) is 4.16. The molecule has 3 N–H and O–H groups in total. The maximum absolute atomic E-state index is 10.9. The molecule has 0 aliphatic heterocycles. The van der Waals surface area contributed by atoms with Crippen molar-refractivity contribution < 1.29 is 20.1 Å². The maximum Gasteiger partial charge on any atom is 0.339 e. The highest BCUT2D eigenvalue weighted by Crippen LogP contribution is 2.33. The molecular weight excluding hydrogens is 328 g/mol. The van der Waals surface area contributed by atoms with Crippen molar-refractivity contribution in [2.75, 3.05) is 0 Å². The van der Waals surface area contributed by atoms with Crippen molar-refractivity contribution in [3.63, 3.8) is 0 Å². The Bertz CT molecular complexity index is 720. The Morgan fingerprint density at radius 1 is 0.885 bits per heavy atom. The lowest BCUT2D eigenvalue weighted by Gasteiger charge is -2.07.